The minimum Gasteiger partial charge on any atom is -0.450 e. The van der Waals surface area contributed by atoms with Crippen LogP contribution in [0, 0.1) is 11.6 Å². The maximum absolute atomic E-state index is 13.5. The summed E-state index contributed by atoms with van der Waals surface area (Å²) in [6.45, 7) is 3.44. The van der Waals surface area contributed by atoms with Gasteiger partial charge in [-0.1, -0.05) is 0 Å². The fourth-order valence-electron chi connectivity index (χ4n) is 3.01. The van der Waals surface area contributed by atoms with E-state index in [0.717, 1.165) is 22.7 Å². The third-order valence-corrected chi connectivity index (χ3v) is 5.70. The number of halogens is 2. The highest BCUT2D eigenvalue weighted by atomic mass is 32.2. The second-order valence-corrected chi connectivity index (χ2v) is 8.51. The lowest BCUT2D eigenvalue weighted by atomic mass is 10.2. The number of hydrogen-bond donors (Lipinski definition) is 0. The molecule has 1 saturated heterocycles. The quantitative estimate of drug-likeness (QED) is 0.655. The van der Waals surface area contributed by atoms with Crippen molar-refractivity contribution in [3.05, 3.63) is 29.8 Å². The van der Waals surface area contributed by atoms with Gasteiger partial charge in [-0.3, -0.25) is 9.10 Å². The van der Waals surface area contributed by atoms with E-state index in [9.17, 15) is 26.8 Å². The molecule has 1 aliphatic rings. The van der Waals surface area contributed by atoms with Crippen LogP contribution in [0.3, 0.4) is 0 Å². The van der Waals surface area contributed by atoms with Crippen molar-refractivity contribution >= 4 is 27.7 Å². The van der Waals surface area contributed by atoms with E-state index in [1.807, 2.05) is 0 Å². The van der Waals surface area contributed by atoms with Crippen LogP contribution in [-0.4, -0.2) is 75.8 Å². The Morgan fingerprint density at radius 3 is 2.28 bits per heavy atom. The molecule has 0 unspecified atom stereocenters. The number of carbonyl (C=O) groups excluding carboxylic acids is 2. The first-order valence-corrected chi connectivity index (χ1v) is 11.1. The van der Waals surface area contributed by atoms with Crippen molar-refractivity contribution in [3.63, 3.8) is 0 Å². The standard InChI is InChI=1S/C18H25F2N3O5S/c1-3-28-18(25)22-11-9-21(10-12-22)17(24)5-4-8-23(29(2,26)27)14-6-7-15(19)16(20)13-14/h6-7,13H,3-5,8-12H2,1-2H3. The molecule has 2 amide bonds. The summed E-state index contributed by atoms with van der Waals surface area (Å²) in [6.07, 6.45) is 0.859. The summed E-state index contributed by atoms with van der Waals surface area (Å²) < 4.78 is 56.5. The lowest BCUT2D eigenvalue weighted by Gasteiger charge is -2.34. The van der Waals surface area contributed by atoms with Crippen LogP contribution < -0.4 is 4.31 Å². The maximum Gasteiger partial charge on any atom is 0.409 e. The first-order valence-electron chi connectivity index (χ1n) is 9.25. The van der Waals surface area contributed by atoms with E-state index in [1.165, 1.54) is 11.0 Å². The van der Waals surface area contributed by atoms with Crippen molar-refractivity contribution in [3.8, 4) is 0 Å². The Hall–Kier alpha value is -2.43. The molecule has 1 aromatic rings. The molecule has 0 aromatic heterocycles. The molecule has 0 aliphatic carbocycles. The fourth-order valence-corrected chi connectivity index (χ4v) is 3.97. The van der Waals surface area contributed by atoms with Crippen molar-refractivity contribution in [1.82, 2.24) is 9.80 Å². The summed E-state index contributed by atoms with van der Waals surface area (Å²) in [6, 6.07) is 2.85. The molecule has 0 spiro atoms. The molecule has 29 heavy (non-hydrogen) atoms. The van der Waals surface area contributed by atoms with Crippen LogP contribution in [0.5, 0.6) is 0 Å². The molecule has 2 rings (SSSR count). The Kier molecular flexibility index (Phi) is 7.77. The average molecular weight is 433 g/mol. The summed E-state index contributed by atoms with van der Waals surface area (Å²) >= 11 is 0. The minimum atomic E-state index is -3.73. The number of anilines is 1. The van der Waals surface area contributed by atoms with Gasteiger partial charge in [-0.15, -0.1) is 0 Å². The lowest BCUT2D eigenvalue weighted by Crippen LogP contribution is -2.50. The second kappa shape index (κ2) is 9.86. The molecule has 0 saturated carbocycles. The number of rotatable bonds is 7. The Labute approximate surface area is 169 Å². The third-order valence-electron chi connectivity index (χ3n) is 4.50. The Morgan fingerprint density at radius 2 is 1.72 bits per heavy atom. The van der Waals surface area contributed by atoms with Crippen LogP contribution >= 0.6 is 0 Å². The fraction of sp³-hybridized carbons (Fsp3) is 0.556. The Balaban J connectivity index is 1.89. The summed E-state index contributed by atoms with van der Waals surface area (Å²) in [4.78, 5) is 27.2. The number of nitrogens with zero attached hydrogens (tertiary/aromatic N) is 3. The van der Waals surface area contributed by atoms with Crippen molar-refractivity contribution in [2.24, 2.45) is 0 Å². The van der Waals surface area contributed by atoms with E-state index < -0.39 is 27.8 Å². The van der Waals surface area contributed by atoms with Gasteiger partial charge in [0.05, 0.1) is 18.6 Å². The number of benzene rings is 1. The summed E-state index contributed by atoms with van der Waals surface area (Å²) in [5.41, 5.74) is 0.00176. The summed E-state index contributed by atoms with van der Waals surface area (Å²) in [7, 11) is -3.73. The topological polar surface area (TPSA) is 87.2 Å². The molecule has 11 heteroatoms. The van der Waals surface area contributed by atoms with Gasteiger partial charge >= 0.3 is 6.09 Å². The van der Waals surface area contributed by atoms with Gasteiger partial charge in [-0.2, -0.15) is 0 Å². The van der Waals surface area contributed by atoms with Gasteiger partial charge in [-0.25, -0.2) is 22.0 Å². The summed E-state index contributed by atoms with van der Waals surface area (Å²) in [5.74, 6) is -2.38. The van der Waals surface area contributed by atoms with E-state index in [-0.39, 0.29) is 37.6 Å². The minimum absolute atomic E-state index is 0.00176. The van der Waals surface area contributed by atoms with Gasteiger partial charge in [0, 0.05) is 45.2 Å². The van der Waals surface area contributed by atoms with Crippen LogP contribution in [0.15, 0.2) is 18.2 Å². The highest BCUT2D eigenvalue weighted by Gasteiger charge is 2.25. The van der Waals surface area contributed by atoms with Gasteiger partial charge in [0.1, 0.15) is 0 Å². The van der Waals surface area contributed by atoms with E-state index >= 15 is 0 Å². The zero-order valence-corrected chi connectivity index (χ0v) is 17.3. The Bertz CT molecular complexity index is 842. The van der Waals surface area contributed by atoms with Crippen molar-refractivity contribution in [2.45, 2.75) is 19.8 Å². The van der Waals surface area contributed by atoms with Gasteiger partial charge in [0.2, 0.25) is 15.9 Å². The number of piperazine rings is 1. The smallest absolute Gasteiger partial charge is 0.409 e. The number of amides is 2. The normalized spacial score (nSPS) is 14.6. The highest BCUT2D eigenvalue weighted by Crippen LogP contribution is 2.21. The van der Waals surface area contributed by atoms with Crippen LogP contribution in [0.1, 0.15) is 19.8 Å². The van der Waals surface area contributed by atoms with Gasteiger partial charge in [0.15, 0.2) is 11.6 Å². The SMILES string of the molecule is CCOC(=O)N1CCN(C(=O)CCCN(c2ccc(F)c(F)c2)S(C)(=O)=O)CC1. The highest BCUT2D eigenvalue weighted by molar-refractivity contribution is 7.92. The van der Waals surface area contributed by atoms with E-state index in [4.69, 9.17) is 4.74 Å². The van der Waals surface area contributed by atoms with E-state index in [2.05, 4.69) is 0 Å². The van der Waals surface area contributed by atoms with Crippen LogP contribution in [0.4, 0.5) is 19.3 Å². The molecule has 0 radical (unpaired) electrons. The maximum atomic E-state index is 13.5. The number of ether oxygens (including phenoxy) is 1. The predicted molar refractivity (Wildman–Crippen MR) is 103 cm³/mol. The molecular formula is C18H25F2N3O5S. The number of sulfonamides is 1. The molecule has 1 aliphatic heterocycles. The Morgan fingerprint density at radius 1 is 1.10 bits per heavy atom. The van der Waals surface area contributed by atoms with Crippen molar-refractivity contribution < 1.29 is 31.5 Å². The zero-order valence-electron chi connectivity index (χ0n) is 16.4. The molecule has 1 aromatic carbocycles. The van der Waals surface area contributed by atoms with Crippen molar-refractivity contribution in [2.75, 3.05) is 49.9 Å². The van der Waals surface area contributed by atoms with Crippen LogP contribution in [-0.2, 0) is 19.6 Å². The monoisotopic (exact) mass is 433 g/mol. The zero-order chi connectivity index (χ0) is 21.6. The van der Waals surface area contributed by atoms with Crippen molar-refractivity contribution in [1.29, 1.82) is 0 Å². The number of carbonyl (C=O) groups is 2. The van der Waals surface area contributed by atoms with Gasteiger partial charge < -0.3 is 14.5 Å². The molecule has 1 fully saturated rings. The summed E-state index contributed by atoms with van der Waals surface area (Å²) in [5, 5.41) is 0. The molecule has 0 atom stereocenters. The van der Waals surface area contributed by atoms with E-state index in [1.54, 1.807) is 11.8 Å². The second-order valence-electron chi connectivity index (χ2n) is 6.60. The largest absolute Gasteiger partial charge is 0.450 e. The first-order chi connectivity index (χ1) is 13.6. The molecule has 0 bridgehead atoms. The van der Waals surface area contributed by atoms with Crippen LogP contribution in [0.2, 0.25) is 0 Å². The number of hydrogen-bond acceptors (Lipinski definition) is 5. The molecule has 162 valence electrons. The van der Waals surface area contributed by atoms with Crippen LogP contribution in [0.25, 0.3) is 0 Å². The molecule has 8 nitrogen and oxygen atoms in total. The first kappa shape index (κ1) is 22.9. The average Bonchev–Trinajstić information content (AvgIpc) is 2.67. The van der Waals surface area contributed by atoms with E-state index in [0.29, 0.717) is 26.2 Å². The van der Waals surface area contributed by atoms with Gasteiger partial charge in [-0.05, 0) is 25.5 Å². The third kappa shape index (κ3) is 6.28. The lowest BCUT2D eigenvalue weighted by molar-refractivity contribution is -0.132. The molecule has 1 heterocycles. The molecular weight excluding hydrogens is 408 g/mol. The van der Waals surface area contributed by atoms with Gasteiger partial charge in [0.25, 0.3) is 0 Å². The predicted octanol–water partition coefficient (Wildman–Crippen LogP) is 1.81. The molecule has 0 N–H and O–H groups in total.